The van der Waals surface area contributed by atoms with Crippen LogP contribution in [0.15, 0.2) is 33.9 Å². The van der Waals surface area contributed by atoms with Crippen LogP contribution in [0.4, 0.5) is 0 Å². The maximum atomic E-state index is 12.1. The molecular weight excluding hydrogens is 330 g/mol. The zero-order valence-electron chi connectivity index (χ0n) is 13.4. The molecule has 0 radical (unpaired) electrons. The third kappa shape index (κ3) is 4.27. The molecule has 128 valence electrons. The summed E-state index contributed by atoms with van der Waals surface area (Å²) >= 11 is 1.39. The van der Waals surface area contributed by atoms with Gasteiger partial charge in [0.25, 0.3) is 5.22 Å². The van der Waals surface area contributed by atoms with Gasteiger partial charge in [0.2, 0.25) is 11.8 Å². The molecule has 0 spiro atoms. The number of aromatic nitrogens is 2. The second kappa shape index (κ2) is 8.16. The summed E-state index contributed by atoms with van der Waals surface area (Å²) in [5.74, 6) is 1.98. The monoisotopic (exact) mass is 349 g/mol. The van der Waals surface area contributed by atoms with Gasteiger partial charge < -0.3 is 18.8 Å². The van der Waals surface area contributed by atoms with E-state index in [1.807, 2.05) is 29.2 Å². The normalized spacial score (nSPS) is 14.6. The van der Waals surface area contributed by atoms with Crippen LogP contribution >= 0.6 is 11.8 Å². The van der Waals surface area contributed by atoms with Gasteiger partial charge in [-0.1, -0.05) is 11.8 Å². The summed E-state index contributed by atoms with van der Waals surface area (Å²) < 4.78 is 16.0. The number of carbonyl (C=O) groups excluding carboxylic acids is 1. The number of amides is 1. The lowest BCUT2D eigenvalue weighted by molar-refractivity contribution is -0.134. The van der Waals surface area contributed by atoms with Crippen LogP contribution in [0.5, 0.6) is 5.75 Å². The molecule has 3 rings (SSSR count). The average molecular weight is 349 g/mol. The van der Waals surface area contributed by atoms with E-state index < -0.39 is 0 Å². The first-order valence-corrected chi connectivity index (χ1v) is 8.71. The molecule has 0 atom stereocenters. The highest BCUT2D eigenvalue weighted by atomic mass is 32.2. The molecule has 0 N–H and O–H groups in total. The Hall–Kier alpha value is -2.06. The third-order valence-corrected chi connectivity index (χ3v) is 4.47. The Balaban J connectivity index is 1.49. The fourth-order valence-electron chi connectivity index (χ4n) is 2.31. The summed E-state index contributed by atoms with van der Waals surface area (Å²) in [7, 11) is 1.62. The van der Waals surface area contributed by atoms with Gasteiger partial charge in [-0.2, -0.15) is 0 Å². The van der Waals surface area contributed by atoms with E-state index in [-0.39, 0.29) is 5.91 Å². The molecule has 0 bridgehead atoms. The molecule has 0 aliphatic carbocycles. The first kappa shape index (κ1) is 16.8. The number of benzene rings is 1. The lowest BCUT2D eigenvalue weighted by atomic mass is 10.2. The molecule has 1 fully saturated rings. The van der Waals surface area contributed by atoms with Gasteiger partial charge in [-0.3, -0.25) is 4.79 Å². The molecule has 24 heavy (non-hydrogen) atoms. The van der Waals surface area contributed by atoms with Gasteiger partial charge in [0.05, 0.1) is 20.3 Å². The number of ether oxygens (including phenoxy) is 2. The van der Waals surface area contributed by atoms with Crippen LogP contribution in [-0.4, -0.2) is 60.2 Å². The Morgan fingerprint density at radius 2 is 2.00 bits per heavy atom. The lowest BCUT2D eigenvalue weighted by Crippen LogP contribution is -2.40. The molecule has 1 saturated heterocycles. The SMILES string of the molecule is COc1ccc(-c2nnc(SCCC(=O)N3CCOCC3)o2)cc1. The van der Waals surface area contributed by atoms with E-state index >= 15 is 0 Å². The average Bonchev–Trinajstić information content (AvgIpc) is 3.11. The van der Waals surface area contributed by atoms with Crippen molar-refractivity contribution >= 4 is 17.7 Å². The van der Waals surface area contributed by atoms with E-state index in [1.54, 1.807) is 7.11 Å². The predicted octanol–water partition coefficient (Wildman–Crippen LogP) is 2.09. The van der Waals surface area contributed by atoms with Crippen molar-refractivity contribution in [1.29, 1.82) is 0 Å². The highest BCUT2D eigenvalue weighted by molar-refractivity contribution is 7.99. The fraction of sp³-hybridized carbons (Fsp3) is 0.438. The maximum absolute atomic E-state index is 12.1. The molecule has 1 aromatic carbocycles. The summed E-state index contributed by atoms with van der Waals surface area (Å²) in [5.41, 5.74) is 0.833. The standard InChI is InChI=1S/C16H19N3O4S/c1-21-13-4-2-12(3-5-13)15-17-18-16(23-15)24-11-6-14(20)19-7-9-22-10-8-19/h2-5H,6-11H2,1H3. The van der Waals surface area contributed by atoms with Gasteiger partial charge in [-0.15, -0.1) is 10.2 Å². The summed E-state index contributed by atoms with van der Waals surface area (Å²) in [6.45, 7) is 2.58. The Labute approximate surface area is 144 Å². The Kier molecular flexibility index (Phi) is 5.71. The molecular formula is C16H19N3O4S. The Bertz CT molecular complexity index is 668. The van der Waals surface area contributed by atoms with E-state index in [4.69, 9.17) is 13.9 Å². The van der Waals surface area contributed by atoms with E-state index in [0.717, 1.165) is 11.3 Å². The molecule has 0 unspecified atom stereocenters. The van der Waals surface area contributed by atoms with E-state index in [0.29, 0.717) is 49.6 Å². The minimum absolute atomic E-state index is 0.140. The van der Waals surface area contributed by atoms with Gasteiger partial charge >= 0.3 is 0 Å². The molecule has 1 aliphatic rings. The molecule has 7 nitrogen and oxygen atoms in total. The van der Waals surface area contributed by atoms with Crippen molar-refractivity contribution in [3.63, 3.8) is 0 Å². The van der Waals surface area contributed by atoms with Gasteiger partial charge in [0, 0.05) is 30.8 Å². The summed E-state index contributed by atoms with van der Waals surface area (Å²) in [5, 5.41) is 8.52. The highest BCUT2D eigenvalue weighted by Crippen LogP contribution is 2.25. The molecule has 2 aromatic rings. The summed E-state index contributed by atoms with van der Waals surface area (Å²) in [6, 6.07) is 7.41. The van der Waals surface area contributed by atoms with Crippen molar-refractivity contribution in [2.75, 3.05) is 39.2 Å². The van der Waals surface area contributed by atoms with E-state index in [9.17, 15) is 4.79 Å². The van der Waals surface area contributed by atoms with Crippen LogP contribution in [0.3, 0.4) is 0 Å². The predicted molar refractivity (Wildman–Crippen MR) is 89.0 cm³/mol. The van der Waals surface area contributed by atoms with Crippen LogP contribution in [0.1, 0.15) is 6.42 Å². The zero-order valence-corrected chi connectivity index (χ0v) is 14.3. The summed E-state index contributed by atoms with van der Waals surface area (Å²) in [6.07, 6.45) is 0.449. The smallest absolute Gasteiger partial charge is 0.276 e. The third-order valence-electron chi connectivity index (χ3n) is 3.65. The number of rotatable bonds is 6. The molecule has 2 heterocycles. The second-order valence-electron chi connectivity index (χ2n) is 5.19. The number of hydrogen-bond acceptors (Lipinski definition) is 7. The van der Waals surface area contributed by atoms with Crippen LogP contribution in [-0.2, 0) is 9.53 Å². The summed E-state index contributed by atoms with van der Waals surface area (Å²) in [4.78, 5) is 13.9. The number of carbonyl (C=O) groups is 1. The van der Waals surface area contributed by atoms with Gasteiger partial charge in [0.1, 0.15) is 5.75 Å². The molecule has 1 amide bonds. The first-order valence-electron chi connectivity index (χ1n) is 7.72. The molecule has 0 saturated carbocycles. The Morgan fingerprint density at radius 1 is 1.25 bits per heavy atom. The highest BCUT2D eigenvalue weighted by Gasteiger charge is 2.17. The molecule has 1 aliphatic heterocycles. The van der Waals surface area contributed by atoms with E-state index in [2.05, 4.69) is 10.2 Å². The molecule has 8 heteroatoms. The van der Waals surface area contributed by atoms with Crippen LogP contribution in [0.25, 0.3) is 11.5 Å². The Morgan fingerprint density at radius 3 is 2.71 bits per heavy atom. The topological polar surface area (TPSA) is 77.7 Å². The molecule has 1 aromatic heterocycles. The first-order chi connectivity index (χ1) is 11.8. The second-order valence-corrected chi connectivity index (χ2v) is 6.24. The van der Waals surface area contributed by atoms with E-state index in [1.165, 1.54) is 11.8 Å². The van der Waals surface area contributed by atoms with Gasteiger partial charge in [-0.25, -0.2) is 0 Å². The minimum atomic E-state index is 0.140. The number of nitrogens with zero attached hydrogens (tertiary/aromatic N) is 3. The zero-order chi connectivity index (χ0) is 16.8. The fourth-order valence-corrected chi connectivity index (χ4v) is 3.00. The minimum Gasteiger partial charge on any atom is -0.497 e. The van der Waals surface area contributed by atoms with Crippen LogP contribution in [0.2, 0.25) is 0 Å². The van der Waals surface area contributed by atoms with Gasteiger partial charge in [-0.05, 0) is 24.3 Å². The van der Waals surface area contributed by atoms with Crippen LogP contribution < -0.4 is 4.74 Å². The van der Waals surface area contributed by atoms with Crippen molar-refractivity contribution < 1.29 is 18.7 Å². The largest absolute Gasteiger partial charge is 0.497 e. The number of methoxy groups -OCH3 is 1. The number of hydrogen-bond donors (Lipinski definition) is 0. The number of morpholine rings is 1. The maximum Gasteiger partial charge on any atom is 0.276 e. The lowest BCUT2D eigenvalue weighted by Gasteiger charge is -2.26. The number of thioether (sulfide) groups is 1. The van der Waals surface area contributed by atoms with Crippen LogP contribution in [0, 0.1) is 0 Å². The van der Waals surface area contributed by atoms with Crippen molar-refractivity contribution in [2.45, 2.75) is 11.6 Å². The quantitative estimate of drug-likeness (QED) is 0.739. The van der Waals surface area contributed by atoms with Crippen molar-refractivity contribution in [3.05, 3.63) is 24.3 Å². The van der Waals surface area contributed by atoms with Crippen molar-refractivity contribution in [2.24, 2.45) is 0 Å². The van der Waals surface area contributed by atoms with Crippen molar-refractivity contribution in [1.82, 2.24) is 15.1 Å². The van der Waals surface area contributed by atoms with Crippen molar-refractivity contribution in [3.8, 4) is 17.2 Å². The van der Waals surface area contributed by atoms with Gasteiger partial charge in [0.15, 0.2) is 0 Å².